The first-order valence-electron chi connectivity index (χ1n) is 6.44. The van der Waals surface area contributed by atoms with Crippen molar-refractivity contribution in [3.8, 4) is 0 Å². The molecule has 0 saturated heterocycles. The van der Waals surface area contributed by atoms with E-state index in [9.17, 15) is 4.79 Å². The van der Waals surface area contributed by atoms with Gasteiger partial charge >= 0.3 is 21.7 Å². The van der Waals surface area contributed by atoms with Crippen LogP contribution >= 0.6 is 0 Å². The molecular formula is C17H21Cl2NOTi. The molecule has 0 bridgehead atoms. The molecule has 1 aromatic rings. The molecule has 5 heteroatoms. The number of aryl methyl sites for hydroxylation is 1. The van der Waals surface area contributed by atoms with Crippen LogP contribution < -0.4 is 24.8 Å². The Morgan fingerprint density at radius 2 is 1.59 bits per heavy atom. The van der Waals surface area contributed by atoms with Gasteiger partial charge < -0.3 is 35.3 Å². The summed E-state index contributed by atoms with van der Waals surface area (Å²) in [5.41, 5.74) is 12.4. The van der Waals surface area contributed by atoms with Crippen LogP contribution in [0.5, 0.6) is 0 Å². The van der Waals surface area contributed by atoms with Gasteiger partial charge in [-0.05, 0) is 12.5 Å². The van der Waals surface area contributed by atoms with Crippen molar-refractivity contribution < 1.29 is 51.3 Å². The van der Waals surface area contributed by atoms with Crippen molar-refractivity contribution in [1.29, 1.82) is 0 Å². The van der Waals surface area contributed by atoms with E-state index >= 15 is 0 Å². The van der Waals surface area contributed by atoms with E-state index in [0.29, 0.717) is 11.5 Å². The summed E-state index contributed by atoms with van der Waals surface area (Å²) in [5.74, 6) is -0.0527. The summed E-state index contributed by atoms with van der Waals surface area (Å²) in [6.07, 6.45) is 3.36. The molecule has 0 spiro atoms. The van der Waals surface area contributed by atoms with Crippen LogP contribution in [0.15, 0.2) is 41.0 Å². The largest absolute Gasteiger partial charge is 4.00 e. The number of benzene rings is 1. The second-order valence-corrected chi connectivity index (χ2v) is 4.94. The third-order valence-corrected chi connectivity index (χ3v) is 3.63. The summed E-state index contributed by atoms with van der Waals surface area (Å²) in [6.45, 7) is 10.5. The van der Waals surface area contributed by atoms with Crippen LogP contribution in [-0.2, 0) is 21.7 Å². The second kappa shape index (κ2) is 12.0. The Balaban J connectivity index is -0.000000290. The molecule has 2 nitrogen and oxygen atoms in total. The standard InChI is InChI=1S/C9H13.C8H9NO.2ClH.Ti/c1-6-5-7(2)9(4)8(6)3;1-6-4-2-3-5-7(6)8(9)10;;;/h6H,1-4H3;2-5H,1H3,(H2,9,10);2*1H;/q-1;;;;+4/p-3. The van der Waals surface area contributed by atoms with Crippen molar-refractivity contribution in [2.45, 2.75) is 34.6 Å². The third kappa shape index (κ3) is 7.15. The normalized spacial score (nSPS) is 15.3. The number of nitrogens with one attached hydrogen (secondary N) is 1. The average molecular weight is 374 g/mol. The molecule has 1 amide bonds. The number of carbonyl (C=O) groups is 1. The van der Waals surface area contributed by atoms with Gasteiger partial charge in [0.1, 0.15) is 0 Å². The molecule has 0 saturated carbocycles. The number of hydrogen-bond acceptors (Lipinski definition) is 1. The molecule has 1 unspecified atom stereocenters. The maximum atomic E-state index is 10.5. The van der Waals surface area contributed by atoms with Crippen molar-refractivity contribution in [2.75, 3.05) is 0 Å². The zero-order valence-electron chi connectivity index (χ0n) is 13.6. The first-order chi connectivity index (χ1) is 8.84. The van der Waals surface area contributed by atoms with Crippen LogP contribution in [0.1, 0.15) is 43.6 Å². The Morgan fingerprint density at radius 1 is 1.09 bits per heavy atom. The van der Waals surface area contributed by atoms with Crippen molar-refractivity contribution in [3.05, 3.63) is 63.9 Å². The summed E-state index contributed by atoms with van der Waals surface area (Å²) in [7, 11) is 0. The molecule has 1 aliphatic carbocycles. The van der Waals surface area contributed by atoms with Gasteiger partial charge in [-0.15, -0.1) is 6.92 Å². The Bertz CT molecular complexity index is 553. The average Bonchev–Trinajstić information content (AvgIpc) is 2.57. The summed E-state index contributed by atoms with van der Waals surface area (Å²) >= 11 is 0. The van der Waals surface area contributed by atoms with E-state index in [1.165, 1.54) is 16.7 Å². The topological polar surface area (TPSA) is 40.9 Å². The summed E-state index contributed by atoms with van der Waals surface area (Å²) in [6, 6.07) is 7.09. The van der Waals surface area contributed by atoms with Gasteiger partial charge in [0, 0.05) is 5.56 Å². The number of allylic oxidation sites excluding steroid dienone is 4. The Hall–Kier alpha value is -0.536. The predicted molar refractivity (Wildman–Crippen MR) is 79.8 cm³/mol. The molecule has 0 heterocycles. The minimum Gasteiger partial charge on any atom is -1.00 e. The monoisotopic (exact) mass is 373 g/mol. The molecule has 0 radical (unpaired) electrons. The minimum absolute atomic E-state index is 0. The third-order valence-electron chi connectivity index (χ3n) is 3.63. The summed E-state index contributed by atoms with van der Waals surface area (Å²) in [5, 5.41) is 0. The van der Waals surface area contributed by atoms with Crippen LogP contribution in [-0.4, -0.2) is 5.91 Å². The van der Waals surface area contributed by atoms with E-state index in [2.05, 4.69) is 33.8 Å². The number of hydrogen-bond donors (Lipinski definition) is 0. The van der Waals surface area contributed by atoms with Gasteiger partial charge in [0.15, 0.2) is 0 Å². The van der Waals surface area contributed by atoms with Crippen molar-refractivity contribution in [1.82, 2.24) is 0 Å². The zero-order chi connectivity index (χ0) is 14.6. The molecule has 0 aromatic heterocycles. The van der Waals surface area contributed by atoms with Crippen LogP contribution in [0.25, 0.3) is 5.73 Å². The molecular weight excluding hydrogens is 353 g/mol. The molecule has 1 aliphatic rings. The summed E-state index contributed by atoms with van der Waals surface area (Å²) in [4.78, 5) is 10.5. The van der Waals surface area contributed by atoms with Crippen molar-refractivity contribution >= 4 is 5.91 Å². The summed E-state index contributed by atoms with van der Waals surface area (Å²) < 4.78 is 0. The van der Waals surface area contributed by atoms with Gasteiger partial charge in [-0.2, -0.15) is 11.1 Å². The molecule has 1 N–H and O–H groups in total. The molecule has 1 atom stereocenters. The quantitative estimate of drug-likeness (QED) is 0.455. The first kappa shape index (κ1) is 26.4. The van der Waals surface area contributed by atoms with Gasteiger partial charge in [-0.3, -0.25) is 6.08 Å². The van der Waals surface area contributed by atoms with Gasteiger partial charge in [-0.1, -0.05) is 51.0 Å². The van der Waals surface area contributed by atoms with Crippen molar-refractivity contribution in [2.24, 2.45) is 5.92 Å². The number of rotatable bonds is 1. The minimum atomic E-state index is -0.613. The molecule has 1 aromatic carbocycles. The van der Waals surface area contributed by atoms with E-state index in [1.54, 1.807) is 12.1 Å². The van der Waals surface area contributed by atoms with Crippen LogP contribution in [0.3, 0.4) is 0 Å². The number of halogens is 2. The number of amides is 1. The van der Waals surface area contributed by atoms with E-state index in [0.717, 1.165) is 5.56 Å². The fourth-order valence-corrected chi connectivity index (χ4v) is 1.99. The maximum Gasteiger partial charge on any atom is 4.00 e. The second-order valence-electron chi connectivity index (χ2n) is 4.94. The Morgan fingerprint density at radius 3 is 1.82 bits per heavy atom. The maximum absolute atomic E-state index is 10.5. The molecule has 0 aliphatic heterocycles. The van der Waals surface area contributed by atoms with Crippen molar-refractivity contribution in [3.63, 3.8) is 0 Å². The molecule has 2 rings (SSSR count). The number of carbonyl (C=O) groups excluding carboxylic acids is 1. The van der Waals surface area contributed by atoms with E-state index in [1.807, 2.05) is 19.1 Å². The Labute approximate surface area is 161 Å². The van der Waals surface area contributed by atoms with Gasteiger partial charge in [0.2, 0.25) is 0 Å². The fourth-order valence-electron chi connectivity index (χ4n) is 1.99. The Kier molecular flexibility index (Phi) is 14.3. The molecule has 0 fully saturated rings. The van der Waals surface area contributed by atoms with Gasteiger partial charge in [-0.25, -0.2) is 5.57 Å². The van der Waals surface area contributed by atoms with E-state index in [4.69, 9.17) is 5.73 Å². The molecule has 118 valence electrons. The van der Waals surface area contributed by atoms with Gasteiger partial charge in [0.05, 0.1) is 5.91 Å². The zero-order valence-corrected chi connectivity index (χ0v) is 16.6. The molecule has 22 heavy (non-hydrogen) atoms. The van der Waals surface area contributed by atoms with E-state index < -0.39 is 5.91 Å². The van der Waals surface area contributed by atoms with Gasteiger partial charge in [0.25, 0.3) is 0 Å². The van der Waals surface area contributed by atoms with Crippen LogP contribution in [0.4, 0.5) is 0 Å². The predicted octanol–water partition coefficient (Wildman–Crippen LogP) is -1.09. The SMILES string of the molecule is CC1=[C-]C(C)C(C)=C1C.Cc1ccccc1C([NH-])=O.[Cl-].[Cl-].[Ti+4]. The van der Waals surface area contributed by atoms with Crippen LogP contribution in [0.2, 0.25) is 0 Å². The van der Waals surface area contributed by atoms with Crippen LogP contribution in [0, 0.1) is 18.9 Å². The smallest absolute Gasteiger partial charge is 1.00 e. The first-order valence-corrected chi connectivity index (χ1v) is 6.44. The fraction of sp³-hybridized carbons (Fsp3) is 0.353. The van der Waals surface area contributed by atoms with E-state index in [-0.39, 0.29) is 46.5 Å².